The first kappa shape index (κ1) is 31.5. The molecule has 3 aromatic rings. The smallest absolute Gasteiger partial charge is 0.244 e. The first-order chi connectivity index (χ1) is 19.1. The van der Waals surface area contributed by atoms with Crippen molar-refractivity contribution in [1.82, 2.24) is 10.2 Å². The summed E-state index contributed by atoms with van der Waals surface area (Å²) in [6, 6.07) is 22.3. The second kappa shape index (κ2) is 13.1. The highest BCUT2D eigenvalue weighted by atomic mass is 32.2. The number of benzene rings is 3. The van der Waals surface area contributed by atoms with Gasteiger partial charge in [-0.3, -0.25) is 18.7 Å². The summed E-state index contributed by atoms with van der Waals surface area (Å²) in [5.41, 5.74) is 2.62. The number of carbonyl (C=O) groups is 3. The number of sulfonamides is 1. The largest absolute Gasteiger partial charge is 0.350 e. The van der Waals surface area contributed by atoms with Crippen molar-refractivity contribution >= 4 is 33.3 Å². The van der Waals surface area contributed by atoms with Crippen LogP contribution in [0.25, 0.3) is 0 Å². The van der Waals surface area contributed by atoms with E-state index in [1.807, 2.05) is 82.3 Å². The molecule has 0 heterocycles. The fourth-order valence-electron chi connectivity index (χ4n) is 4.51. The lowest BCUT2D eigenvalue weighted by Crippen LogP contribution is -2.56. The lowest BCUT2D eigenvalue weighted by atomic mass is 10.0. The fraction of sp³-hybridized carbons (Fsp3) is 0.344. The van der Waals surface area contributed by atoms with Crippen LogP contribution in [0.15, 0.2) is 78.9 Å². The summed E-state index contributed by atoms with van der Waals surface area (Å²) in [4.78, 5) is 41.4. The van der Waals surface area contributed by atoms with E-state index < -0.39 is 34.1 Å². The Hall–Kier alpha value is -3.98. The van der Waals surface area contributed by atoms with Gasteiger partial charge in [-0.15, -0.1) is 0 Å². The Kier molecular flexibility index (Phi) is 10.1. The Labute approximate surface area is 243 Å². The van der Waals surface area contributed by atoms with Gasteiger partial charge in [0.05, 0.1) is 11.9 Å². The molecule has 8 nitrogen and oxygen atoms in total. The van der Waals surface area contributed by atoms with Crippen LogP contribution in [0.4, 0.5) is 5.69 Å². The fourth-order valence-corrected chi connectivity index (χ4v) is 5.35. The number of Topliss-reactive ketones (excluding diaryl/α,β-unsaturated/α-hetero) is 1. The van der Waals surface area contributed by atoms with Gasteiger partial charge in [0.25, 0.3) is 0 Å². The molecule has 2 amide bonds. The van der Waals surface area contributed by atoms with Crippen LogP contribution in [-0.2, 0) is 32.6 Å². The van der Waals surface area contributed by atoms with Gasteiger partial charge in [0.15, 0.2) is 5.78 Å². The van der Waals surface area contributed by atoms with Crippen LogP contribution in [0.2, 0.25) is 0 Å². The van der Waals surface area contributed by atoms with E-state index in [0.29, 0.717) is 5.56 Å². The van der Waals surface area contributed by atoms with E-state index in [0.717, 1.165) is 27.3 Å². The molecule has 0 saturated heterocycles. The van der Waals surface area contributed by atoms with Crippen molar-refractivity contribution in [3.8, 4) is 0 Å². The highest BCUT2D eigenvalue weighted by Gasteiger charge is 2.34. The summed E-state index contributed by atoms with van der Waals surface area (Å²) >= 11 is 0. The molecular formula is C32H39N3O5S. The standard InChI is InChI=1S/C32H39N3O5S/c1-23-12-10-15-26(18-23)21-34(29(31(38)33-32(3,4)5)19-25-13-8-7-9-14-25)30(37)22-35(41(6,39)40)28-17-11-16-27(20-28)24(2)36/h7-18,20,29H,19,21-22H2,1-6H3,(H,33,38)/t29-/m1/s1. The molecule has 1 N–H and O–H groups in total. The number of anilines is 1. The van der Waals surface area contributed by atoms with Gasteiger partial charge < -0.3 is 10.2 Å². The average molecular weight is 578 g/mol. The van der Waals surface area contributed by atoms with Crippen LogP contribution in [0.3, 0.4) is 0 Å². The summed E-state index contributed by atoms with van der Waals surface area (Å²) in [6.45, 7) is 8.48. The third kappa shape index (κ3) is 9.28. The van der Waals surface area contributed by atoms with Crippen molar-refractivity contribution in [3.05, 3.63) is 101 Å². The normalized spacial score (nSPS) is 12.3. The van der Waals surface area contributed by atoms with Crippen molar-refractivity contribution < 1.29 is 22.8 Å². The van der Waals surface area contributed by atoms with E-state index in [4.69, 9.17) is 0 Å². The number of hydrogen-bond acceptors (Lipinski definition) is 5. The lowest BCUT2D eigenvalue weighted by Gasteiger charge is -2.35. The molecule has 0 aliphatic heterocycles. The lowest BCUT2D eigenvalue weighted by molar-refractivity contribution is -0.140. The van der Waals surface area contributed by atoms with Crippen molar-refractivity contribution in [1.29, 1.82) is 0 Å². The molecule has 41 heavy (non-hydrogen) atoms. The highest BCUT2D eigenvalue weighted by Crippen LogP contribution is 2.22. The van der Waals surface area contributed by atoms with Crippen molar-refractivity contribution in [2.24, 2.45) is 0 Å². The summed E-state index contributed by atoms with van der Waals surface area (Å²) in [6.07, 6.45) is 1.25. The van der Waals surface area contributed by atoms with Gasteiger partial charge in [-0.1, -0.05) is 72.3 Å². The third-order valence-electron chi connectivity index (χ3n) is 6.42. The summed E-state index contributed by atoms with van der Waals surface area (Å²) in [5, 5.41) is 3.01. The minimum absolute atomic E-state index is 0.0979. The molecule has 9 heteroatoms. The van der Waals surface area contributed by atoms with E-state index in [2.05, 4.69) is 5.32 Å². The number of ketones is 1. The summed E-state index contributed by atoms with van der Waals surface area (Å²) < 4.78 is 26.9. The zero-order valence-corrected chi connectivity index (χ0v) is 25.4. The maximum Gasteiger partial charge on any atom is 0.244 e. The molecule has 0 spiro atoms. The maximum atomic E-state index is 14.2. The molecule has 0 saturated carbocycles. The van der Waals surface area contributed by atoms with Gasteiger partial charge in [-0.2, -0.15) is 0 Å². The van der Waals surface area contributed by atoms with Crippen LogP contribution >= 0.6 is 0 Å². The van der Waals surface area contributed by atoms with E-state index in [1.54, 1.807) is 18.2 Å². The first-order valence-corrected chi connectivity index (χ1v) is 15.3. The second-order valence-corrected chi connectivity index (χ2v) is 13.2. The Morgan fingerprint density at radius 2 is 1.51 bits per heavy atom. The molecule has 1 atom stereocenters. The number of nitrogens with zero attached hydrogens (tertiary/aromatic N) is 2. The highest BCUT2D eigenvalue weighted by molar-refractivity contribution is 7.92. The first-order valence-electron chi connectivity index (χ1n) is 13.4. The molecule has 0 aliphatic carbocycles. The van der Waals surface area contributed by atoms with Crippen LogP contribution < -0.4 is 9.62 Å². The average Bonchev–Trinajstić information content (AvgIpc) is 2.88. The topological polar surface area (TPSA) is 104 Å². The number of rotatable bonds is 11. The monoisotopic (exact) mass is 577 g/mol. The molecule has 0 aromatic heterocycles. The van der Waals surface area contributed by atoms with Crippen LogP contribution in [0.1, 0.15) is 54.7 Å². The van der Waals surface area contributed by atoms with E-state index >= 15 is 0 Å². The summed E-state index contributed by atoms with van der Waals surface area (Å²) in [7, 11) is -3.93. The zero-order valence-electron chi connectivity index (χ0n) is 24.5. The Morgan fingerprint density at radius 1 is 0.878 bits per heavy atom. The van der Waals surface area contributed by atoms with Gasteiger partial charge in [-0.25, -0.2) is 8.42 Å². The Morgan fingerprint density at radius 3 is 2.10 bits per heavy atom. The number of hydrogen-bond donors (Lipinski definition) is 1. The minimum atomic E-state index is -3.93. The summed E-state index contributed by atoms with van der Waals surface area (Å²) in [5.74, 6) is -1.11. The number of carbonyl (C=O) groups excluding carboxylic acids is 3. The SMILES string of the molecule is CC(=O)c1cccc(N(CC(=O)N(Cc2cccc(C)c2)[C@H](Cc2ccccc2)C(=O)NC(C)(C)C)S(C)(=O)=O)c1. The molecule has 0 fully saturated rings. The molecule has 3 rings (SSSR count). The van der Waals surface area contributed by atoms with Crippen LogP contribution in [0.5, 0.6) is 0 Å². The van der Waals surface area contributed by atoms with E-state index in [9.17, 15) is 22.8 Å². The molecule has 0 unspecified atom stereocenters. The van der Waals surface area contributed by atoms with Gasteiger partial charge in [-0.05, 0) is 57.9 Å². The molecule has 0 bridgehead atoms. The predicted octanol–water partition coefficient (Wildman–Crippen LogP) is 4.52. The molecule has 218 valence electrons. The molecule has 0 radical (unpaired) electrons. The van der Waals surface area contributed by atoms with Gasteiger partial charge in [0, 0.05) is 24.1 Å². The van der Waals surface area contributed by atoms with E-state index in [1.165, 1.54) is 17.9 Å². The molecule has 0 aliphatic rings. The second-order valence-electron chi connectivity index (χ2n) is 11.3. The third-order valence-corrected chi connectivity index (χ3v) is 7.57. The maximum absolute atomic E-state index is 14.2. The van der Waals surface area contributed by atoms with Crippen LogP contribution in [-0.4, -0.2) is 55.3 Å². The Bertz CT molecular complexity index is 1500. The number of amides is 2. The van der Waals surface area contributed by atoms with Gasteiger partial charge >= 0.3 is 0 Å². The zero-order chi connectivity index (χ0) is 30.4. The van der Waals surface area contributed by atoms with Crippen LogP contribution in [0, 0.1) is 6.92 Å². The van der Waals surface area contributed by atoms with Gasteiger partial charge in [0.1, 0.15) is 12.6 Å². The van der Waals surface area contributed by atoms with Crippen molar-refractivity contribution in [2.45, 2.75) is 59.2 Å². The Balaban J connectivity index is 2.09. The van der Waals surface area contributed by atoms with Gasteiger partial charge in [0.2, 0.25) is 21.8 Å². The molecule has 3 aromatic carbocycles. The number of aryl methyl sites for hydroxylation is 1. The quantitative estimate of drug-likeness (QED) is 0.338. The minimum Gasteiger partial charge on any atom is -0.350 e. The number of nitrogens with one attached hydrogen (secondary N) is 1. The van der Waals surface area contributed by atoms with E-state index in [-0.39, 0.29) is 30.3 Å². The molecular weight excluding hydrogens is 538 g/mol. The van der Waals surface area contributed by atoms with Crippen molar-refractivity contribution in [3.63, 3.8) is 0 Å². The van der Waals surface area contributed by atoms with Crippen molar-refractivity contribution in [2.75, 3.05) is 17.1 Å². The predicted molar refractivity (Wildman–Crippen MR) is 162 cm³/mol.